The van der Waals surface area contributed by atoms with Crippen molar-refractivity contribution in [3.8, 4) is 0 Å². The van der Waals surface area contributed by atoms with Gasteiger partial charge in [-0.05, 0) is 45.4 Å². The van der Waals surface area contributed by atoms with Gasteiger partial charge in [-0.2, -0.15) is 0 Å². The summed E-state index contributed by atoms with van der Waals surface area (Å²) in [7, 11) is 1.69. The van der Waals surface area contributed by atoms with Crippen molar-refractivity contribution in [2.75, 3.05) is 12.9 Å². The molecule has 2 aliphatic rings. The highest BCUT2D eigenvalue weighted by molar-refractivity contribution is 8.00. The molecule has 2 saturated heterocycles. The van der Waals surface area contributed by atoms with Crippen molar-refractivity contribution in [3.63, 3.8) is 0 Å². The molecule has 2 fully saturated rings. The van der Waals surface area contributed by atoms with Gasteiger partial charge in [0, 0.05) is 49.6 Å². The second kappa shape index (κ2) is 12.5. The zero-order valence-electron chi connectivity index (χ0n) is 24.3. The molecule has 0 amide bonds. The fourth-order valence-electron chi connectivity index (χ4n) is 6.71. The Kier molecular flexibility index (Phi) is 10.1. The third-order valence-electron chi connectivity index (χ3n) is 8.66. The molecule has 0 aliphatic carbocycles. The average molecular weight is 551 g/mol. The maximum atomic E-state index is 14.0. The lowest BCUT2D eigenvalue weighted by Crippen LogP contribution is -2.52. The topological polar surface area (TPSA) is 96.7 Å². The van der Waals surface area contributed by atoms with Crippen molar-refractivity contribution in [1.82, 2.24) is 9.55 Å². The van der Waals surface area contributed by atoms with Crippen molar-refractivity contribution < 1.29 is 28.6 Å². The van der Waals surface area contributed by atoms with E-state index in [0.29, 0.717) is 31.6 Å². The highest BCUT2D eigenvalue weighted by atomic mass is 32.2. The number of rotatable bonds is 6. The molecule has 214 valence electrons. The molecular formula is C29H46N2O6S. The molecule has 38 heavy (non-hydrogen) atoms. The van der Waals surface area contributed by atoms with E-state index in [1.807, 2.05) is 52.3 Å². The van der Waals surface area contributed by atoms with Crippen molar-refractivity contribution in [2.45, 2.75) is 103 Å². The molecule has 1 aromatic heterocycles. The van der Waals surface area contributed by atoms with Gasteiger partial charge in [0.2, 0.25) is 0 Å². The molecular weight excluding hydrogens is 504 g/mol. The number of aryl methyl sites for hydroxylation is 1. The zero-order chi connectivity index (χ0) is 28.3. The zero-order valence-corrected chi connectivity index (χ0v) is 25.1. The number of thioether (sulfide) groups is 1. The molecule has 9 atom stereocenters. The first kappa shape index (κ1) is 30.7. The van der Waals surface area contributed by atoms with Crippen molar-refractivity contribution >= 4 is 29.5 Å². The largest absolute Gasteiger partial charge is 0.458 e. The van der Waals surface area contributed by atoms with E-state index in [-0.39, 0.29) is 35.5 Å². The van der Waals surface area contributed by atoms with Crippen molar-refractivity contribution in [2.24, 2.45) is 29.6 Å². The van der Waals surface area contributed by atoms with Crippen LogP contribution < -0.4 is 0 Å². The predicted octanol–water partition coefficient (Wildman–Crippen LogP) is 4.94. The molecule has 0 radical (unpaired) electrons. The smallest absolute Gasteiger partial charge is 0.320 e. The summed E-state index contributed by atoms with van der Waals surface area (Å²) >= 11 is 1.50. The van der Waals surface area contributed by atoms with Crippen LogP contribution in [0.3, 0.4) is 0 Å². The second-order valence-electron chi connectivity index (χ2n) is 12.0. The van der Waals surface area contributed by atoms with Gasteiger partial charge in [-0.25, -0.2) is 4.98 Å². The Morgan fingerprint density at radius 3 is 2.42 bits per heavy atom. The fourth-order valence-corrected chi connectivity index (χ4v) is 8.18. The predicted molar refractivity (Wildman–Crippen MR) is 148 cm³/mol. The average Bonchev–Trinajstić information content (AvgIpc) is 3.46. The number of ether oxygens (including phenoxy) is 3. The minimum atomic E-state index is -1.11. The summed E-state index contributed by atoms with van der Waals surface area (Å²) in [5, 5.41) is -0.540. The number of imidazole rings is 1. The second-order valence-corrected chi connectivity index (χ2v) is 13.2. The van der Waals surface area contributed by atoms with Crippen LogP contribution in [0.1, 0.15) is 74.1 Å². The van der Waals surface area contributed by atoms with Crippen LogP contribution in [0.5, 0.6) is 0 Å². The van der Waals surface area contributed by atoms with Crippen LogP contribution in [0.25, 0.3) is 0 Å². The van der Waals surface area contributed by atoms with Crippen molar-refractivity contribution in [3.05, 3.63) is 18.7 Å². The van der Waals surface area contributed by atoms with E-state index in [2.05, 4.69) is 11.9 Å². The van der Waals surface area contributed by atoms with E-state index < -0.39 is 34.4 Å². The minimum Gasteiger partial charge on any atom is -0.458 e. The summed E-state index contributed by atoms with van der Waals surface area (Å²) in [5.41, 5.74) is -1.61. The van der Waals surface area contributed by atoms with E-state index in [1.54, 1.807) is 19.6 Å². The van der Waals surface area contributed by atoms with E-state index in [4.69, 9.17) is 14.2 Å². The number of ketones is 1. The number of methoxy groups -OCH3 is 1. The van der Waals surface area contributed by atoms with Crippen LogP contribution in [0.2, 0.25) is 0 Å². The molecule has 0 saturated carbocycles. The lowest BCUT2D eigenvalue weighted by Gasteiger charge is -2.41. The van der Waals surface area contributed by atoms with E-state index >= 15 is 0 Å². The number of carbonyl (C=O) groups excluding carboxylic acids is 3. The summed E-state index contributed by atoms with van der Waals surface area (Å²) in [6.07, 6.45) is 7.16. The molecule has 3 rings (SSSR count). The third kappa shape index (κ3) is 6.64. The maximum Gasteiger partial charge on any atom is 0.320 e. The molecule has 0 spiro atoms. The lowest BCUT2D eigenvalue weighted by molar-refractivity contribution is -0.183. The SMILES string of the molecule is CCC1OC(=O)C(C)CC(C)CC(C)(OC)CC(C)C(=O)C(C)C2C(SCCn3ccnc3)C(=O)OC12C. The first-order chi connectivity index (χ1) is 17.8. The Morgan fingerprint density at radius 1 is 1.11 bits per heavy atom. The molecule has 2 aliphatic heterocycles. The number of esters is 2. The number of nitrogens with zero attached hydrogens (tertiary/aromatic N) is 2. The number of fused-ring (bicyclic) bond motifs is 1. The summed E-state index contributed by atoms with van der Waals surface area (Å²) in [5.74, 6) is -1.17. The van der Waals surface area contributed by atoms with Crippen molar-refractivity contribution in [1.29, 1.82) is 0 Å². The number of cyclic esters (lactones) is 1. The Morgan fingerprint density at radius 2 is 1.82 bits per heavy atom. The molecule has 0 N–H and O–H groups in total. The van der Waals surface area contributed by atoms with Gasteiger partial charge >= 0.3 is 11.9 Å². The van der Waals surface area contributed by atoms with Gasteiger partial charge in [-0.1, -0.05) is 34.6 Å². The monoisotopic (exact) mass is 550 g/mol. The van der Waals surface area contributed by atoms with E-state index in [9.17, 15) is 14.4 Å². The van der Waals surface area contributed by atoms with Gasteiger partial charge in [0.1, 0.15) is 17.1 Å². The summed E-state index contributed by atoms with van der Waals surface area (Å²) in [6.45, 7) is 14.4. The molecule has 9 heteroatoms. The number of hydrogen-bond donors (Lipinski definition) is 0. The molecule has 0 bridgehead atoms. The van der Waals surface area contributed by atoms with Crippen LogP contribution in [0.15, 0.2) is 18.7 Å². The fraction of sp³-hybridized carbons (Fsp3) is 0.793. The number of Topliss-reactive ketones (excluding diaryl/α,β-unsaturated/α-hetero) is 1. The Hall–Kier alpha value is -1.87. The number of aromatic nitrogens is 2. The highest BCUT2D eigenvalue weighted by Gasteiger charge is 2.61. The van der Waals surface area contributed by atoms with Gasteiger partial charge in [-0.3, -0.25) is 14.4 Å². The molecule has 3 heterocycles. The third-order valence-corrected chi connectivity index (χ3v) is 9.92. The van der Waals surface area contributed by atoms with Crippen LogP contribution in [-0.2, 0) is 35.1 Å². The van der Waals surface area contributed by atoms with Crippen LogP contribution in [0, 0.1) is 29.6 Å². The normalized spacial score (nSPS) is 39.3. The summed E-state index contributed by atoms with van der Waals surface area (Å²) < 4.78 is 20.1. The first-order valence-electron chi connectivity index (χ1n) is 13.9. The van der Waals surface area contributed by atoms with Crippen LogP contribution in [0.4, 0.5) is 0 Å². The Bertz CT molecular complexity index is 970. The maximum absolute atomic E-state index is 14.0. The lowest BCUT2D eigenvalue weighted by atomic mass is 9.70. The van der Waals surface area contributed by atoms with Gasteiger partial charge in [0.25, 0.3) is 0 Å². The molecule has 9 unspecified atom stereocenters. The molecule has 0 aromatic carbocycles. The Balaban J connectivity index is 1.98. The van der Waals surface area contributed by atoms with Gasteiger partial charge in [0.15, 0.2) is 5.60 Å². The van der Waals surface area contributed by atoms with Gasteiger partial charge < -0.3 is 18.8 Å². The highest BCUT2D eigenvalue weighted by Crippen LogP contribution is 2.48. The first-order valence-corrected chi connectivity index (χ1v) is 15.0. The van der Waals surface area contributed by atoms with E-state index in [1.165, 1.54) is 11.8 Å². The standard InChI is InChI=1S/C29H46N2O6S/c1-9-22-29(7)23(25(27(34)37-29)38-13-12-31-11-10-30-17-31)21(5)24(32)20(4)16-28(6,35-8)15-18(2)14-19(3)26(33)36-22/h10-11,17-23,25H,9,12-16H2,1-8H3. The van der Waals surface area contributed by atoms with Crippen LogP contribution in [-0.4, -0.2) is 62.7 Å². The number of carbonyl (C=O) groups is 3. The van der Waals surface area contributed by atoms with Gasteiger partial charge in [-0.15, -0.1) is 11.8 Å². The summed E-state index contributed by atoms with van der Waals surface area (Å²) in [4.78, 5) is 44.7. The van der Waals surface area contributed by atoms with Gasteiger partial charge in [0.05, 0.1) is 17.8 Å². The number of hydrogen-bond acceptors (Lipinski definition) is 8. The Labute approximate surface area is 231 Å². The quantitative estimate of drug-likeness (QED) is 0.460. The van der Waals surface area contributed by atoms with E-state index in [0.717, 1.165) is 6.42 Å². The minimum absolute atomic E-state index is 0.0854. The summed E-state index contributed by atoms with van der Waals surface area (Å²) in [6, 6.07) is 0. The molecule has 1 aromatic rings. The molecule has 8 nitrogen and oxygen atoms in total. The van der Waals surface area contributed by atoms with Crippen LogP contribution >= 0.6 is 11.8 Å².